The molecule has 0 saturated carbocycles. The molecule has 0 aromatic heterocycles. The Bertz CT molecular complexity index is 534. The number of hydrogen-bond acceptors (Lipinski definition) is 4. The van der Waals surface area contributed by atoms with Crippen LogP contribution in [0.1, 0.15) is 30.6 Å². The Labute approximate surface area is 129 Å². The summed E-state index contributed by atoms with van der Waals surface area (Å²) < 4.78 is 11.2. The summed E-state index contributed by atoms with van der Waals surface area (Å²) in [6, 6.07) is 5.91. The first-order chi connectivity index (χ1) is 10.2. The third-order valence-electron chi connectivity index (χ3n) is 3.95. The van der Waals surface area contributed by atoms with Crippen molar-refractivity contribution >= 4 is 17.7 Å². The van der Waals surface area contributed by atoms with Crippen molar-refractivity contribution in [3.8, 4) is 11.5 Å². The van der Waals surface area contributed by atoms with E-state index in [-0.39, 0.29) is 5.91 Å². The summed E-state index contributed by atoms with van der Waals surface area (Å²) in [5, 5.41) is 0.632. The summed E-state index contributed by atoms with van der Waals surface area (Å²) in [4.78, 5) is 14.7. The zero-order valence-electron chi connectivity index (χ0n) is 12.5. The van der Waals surface area contributed by atoms with E-state index < -0.39 is 0 Å². The molecular weight excluding hydrogens is 286 g/mol. The fraction of sp³-hybridized carbons (Fsp3) is 0.562. The number of ether oxygens (including phenoxy) is 2. The van der Waals surface area contributed by atoms with Gasteiger partial charge < -0.3 is 14.4 Å². The van der Waals surface area contributed by atoms with Gasteiger partial charge in [-0.25, -0.2) is 0 Å². The molecule has 114 valence electrons. The number of likely N-dealkylation sites (tertiary alicyclic amines) is 1. The second kappa shape index (κ2) is 6.18. The van der Waals surface area contributed by atoms with Gasteiger partial charge in [-0.05, 0) is 38.5 Å². The summed E-state index contributed by atoms with van der Waals surface area (Å²) in [6.45, 7) is 5.89. The van der Waals surface area contributed by atoms with Crippen LogP contribution in [-0.4, -0.2) is 47.6 Å². The Kier molecular flexibility index (Phi) is 4.29. The predicted octanol–water partition coefficient (Wildman–Crippen LogP) is 2.81. The second-order valence-electron chi connectivity index (χ2n) is 5.33. The van der Waals surface area contributed by atoms with Gasteiger partial charge >= 0.3 is 0 Å². The Hall–Kier alpha value is -1.36. The summed E-state index contributed by atoms with van der Waals surface area (Å²) >= 11 is 1.99. The third kappa shape index (κ3) is 2.84. The van der Waals surface area contributed by atoms with E-state index in [9.17, 15) is 4.79 Å². The fourth-order valence-electron chi connectivity index (χ4n) is 3.00. The molecule has 3 rings (SSSR count). The Balaban J connectivity index is 1.81. The van der Waals surface area contributed by atoms with Crippen molar-refractivity contribution in [2.75, 3.05) is 25.5 Å². The first-order valence-electron chi connectivity index (χ1n) is 7.55. The zero-order chi connectivity index (χ0) is 14.8. The van der Waals surface area contributed by atoms with E-state index in [0.717, 1.165) is 18.7 Å². The maximum atomic E-state index is 12.7. The van der Waals surface area contributed by atoms with Gasteiger partial charge in [0.15, 0.2) is 11.5 Å². The SMILES string of the molecule is CCOc1ccc(C(=O)N2CC3CC2CS3)cc1OCC. The molecule has 2 fully saturated rings. The Morgan fingerprint density at radius 3 is 2.67 bits per heavy atom. The lowest BCUT2D eigenvalue weighted by Crippen LogP contribution is -2.39. The third-order valence-corrected chi connectivity index (χ3v) is 5.34. The highest BCUT2D eigenvalue weighted by Crippen LogP contribution is 2.38. The number of benzene rings is 1. The van der Waals surface area contributed by atoms with Crippen molar-refractivity contribution in [2.24, 2.45) is 0 Å². The average molecular weight is 307 g/mol. The minimum Gasteiger partial charge on any atom is -0.490 e. The molecule has 2 atom stereocenters. The highest BCUT2D eigenvalue weighted by molar-refractivity contribution is 8.00. The van der Waals surface area contributed by atoms with Crippen molar-refractivity contribution < 1.29 is 14.3 Å². The predicted molar refractivity (Wildman–Crippen MR) is 84.5 cm³/mol. The monoisotopic (exact) mass is 307 g/mol. The van der Waals surface area contributed by atoms with Crippen molar-refractivity contribution in [1.82, 2.24) is 4.90 Å². The number of nitrogens with zero attached hydrogens (tertiary/aromatic N) is 1. The van der Waals surface area contributed by atoms with Gasteiger partial charge in [0.2, 0.25) is 0 Å². The van der Waals surface area contributed by atoms with E-state index in [0.29, 0.717) is 41.6 Å². The first-order valence-corrected chi connectivity index (χ1v) is 8.60. The Morgan fingerprint density at radius 2 is 2.05 bits per heavy atom. The number of thioether (sulfide) groups is 1. The van der Waals surface area contributed by atoms with Gasteiger partial charge in [0.05, 0.1) is 13.2 Å². The number of carbonyl (C=O) groups is 1. The minimum absolute atomic E-state index is 0.117. The van der Waals surface area contributed by atoms with Crippen LogP contribution in [0.5, 0.6) is 11.5 Å². The Morgan fingerprint density at radius 1 is 1.29 bits per heavy atom. The van der Waals surface area contributed by atoms with Crippen LogP contribution >= 0.6 is 11.8 Å². The molecule has 1 amide bonds. The number of fused-ring (bicyclic) bond motifs is 2. The van der Waals surface area contributed by atoms with Gasteiger partial charge in [0, 0.05) is 29.2 Å². The molecule has 2 saturated heterocycles. The van der Waals surface area contributed by atoms with E-state index in [4.69, 9.17) is 9.47 Å². The quantitative estimate of drug-likeness (QED) is 0.838. The van der Waals surface area contributed by atoms with E-state index in [2.05, 4.69) is 0 Å². The molecule has 5 heteroatoms. The molecule has 21 heavy (non-hydrogen) atoms. The smallest absolute Gasteiger partial charge is 0.254 e. The summed E-state index contributed by atoms with van der Waals surface area (Å²) in [5.41, 5.74) is 0.694. The molecular formula is C16H21NO3S. The summed E-state index contributed by atoms with van der Waals surface area (Å²) in [7, 11) is 0. The van der Waals surface area contributed by atoms with Crippen LogP contribution in [0.4, 0.5) is 0 Å². The number of hydrogen-bond donors (Lipinski definition) is 0. The highest BCUT2D eigenvalue weighted by Gasteiger charge is 2.41. The molecule has 0 aliphatic carbocycles. The van der Waals surface area contributed by atoms with Crippen LogP contribution in [-0.2, 0) is 0 Å². The molecule has 0 spiro atoms. The van der Waals surface area contributed by atoms with Gasteiger partial charge in [0.25, 0.3) is 5.91 Å². The van der Waals surface area contributed by atoms with Gasteiger partial charge in [-0.1, -0.05) is 0 Å². The van der Waals surface area contributed by atoms with Gasteiger partial charge in [-0.2, -0.15) is 11.8 Å². The van der Waals surface area contributed by atoms with E-state index in [1.54, 1.807) is 0 Å². The fourth-order valence-corrected chi connectivity index (χ4v) is 4.43. The molecule has 0 radical (unpaired) electrons. The molecule has 4 nitrogen and oxygen atoms in total. The highest BCUT2D eigenvalue weighted by atomic mass is 32.2. The lowest BCUT2D eigenvalue weighted by Gasteiger charge is -2.27. The van der Waals surface area contributed by atoms with Gasteiger partial charge in [-0.3, -0.25) is 4.79 Å². The molecule has 2 aliphatic rings. The van der Waals surface area contributed by atoms with Crippen molar-refractivity contribution in [2.45, 2.75) is 31.6 Å². The lowest BCUT2D eigenvalue weighted by molar-refractivity contribution is 0.0747. The molecule has 2 bridgehead atoms. The van der Waals surface area contributed by atoms with Crippen LogP contribution in [0.15, 0.2) is 18.2 Å². The van der Waals surface area contributed by atoms with Crippen molar-refractivity contribution in [3.05, 3.63) is 23.8 Å². The number of amides is 1. The van der Waals surface area contributed by atoms with E-state index in [1.165, 1.54) is 0 Å². The summed E-state index contributed by atoms with van der Waals surface area (Å²) in [6.07, 6.45) is 1.14. The standard InChI is InChI=1S/C16H21NO3S/c1-3-19-14-6-5-11(7-15(14)20-4-2)16(18)17-9-13-8-12(17)10-21-13/h5-7,12-13H,3-4,8-10H2,1-2H3. The largest absolute Gasteiger partial charge is 0.490 e. The topological polar surface area (TPSA) is 38.8 Å². The lowest BCUT2D eigenvalue weighted by atomic mass is 10.1. The van der Waals surface area contributed by atoms with Crippen LogP contribution in [0.25, 0.3) is 0 Å². The normalized spacial score (nSPS) is 23.4. The summed E-state index contributed by atoms with van der Waals surface area (Å²) in [5.74, 6) is 2.55. The molecule has 0 N–H and O–H groups in total. The number of carbonyl (C=O) groups excluding carboxylic acids is 1. The second-order valence-corrected chi connectivity index (χ2v) is 6.66. The minimum atomic E-state index is 0.117. The van der Waals surface area contributed by atoms with Crippen LogP contribution in [0.3, 0.4) is 0 Å². The molecule has 1 aromatic carbocycles. The number of rotatable bonds is 5. The van der Waals surface area contributed by atoms with Crippen LogP contribution in [0, 0.1) is 0 Å². The zero-order valence-corrected chi connectivity index (χ0v) is 13.3. The van der Waals surface area contributed by atoms with Crippen LogP contribution < -0.4 is 9.47 Å². The van der Waals surface area contributed by atoms with Crippen LogP contribution in [0.2, 0.25) is 0 Å². The maximum absolute atomic E-state index is 12.7. The van der Waals surface area contributed by atoms with Crippen molar-refractivity contribution in [1.29, 1.82) is 0 Å². The molecule has 2 aliphatic heterocycles. The van der Waals surface area contributed by atoms with E-state index >= 15 is 0 Å². The molecule has 2 heterocycles. The van der Waals surface area contributed by atoms with E-state index in [1.807, 2.05) is 48.7 Å². The maximum Gasteiger partial charge on any atom is 0.254 e. The molecule has 1 aromatic rings. The van der Waals surface area contributed by atoms with Gasteiger partial charge in [-0.15, -0.1) is 0 Å². The average Bonchev–Trinajstić information content (AvgIpc) is 3.11. The van der Waals surface area contributed by atoms with Crippen molar-refractivity contribution in [3.63, 3.8) is 0 Å². The molecule has 2 unspecified atom stereocenters. The first kappa shape index (κ1) is 14.6. The van der Waals surface area contributed by atoms with Gasteiger partial charge in [0.1, 0.15) is 0 Å².